The number of ether oxygens (including phenoxy) is 1. The fraction of sp³-hybridized carbons (Fsp3) is 0.257. The number of amides is 2. The van der Waals surface area contributed by atoms with E-state index in [0.717, 1.165) is 33.3 Å². The Morgan fingerprint density at radius 2 is 1.87 bits per heavy atom. The number of H-pyrrole nitrogens is 1. The first kappa shape index (κ1) is 28.1. The van der Waals surface area contributed by atoms with Crippen molar-refractivity contribution >= 4 is 34.2 Å². The van der Waals surface area contributed by atoms with Crippen molar-refractivity contribution in [3.8, 4) is 5.75 Å². The summed E-state index contributed by atoms with van der Waals surface area (Å²) in [6.07, 6.45) is 1.30. The summed E-state index contributed by atoms with van der Waals surface area (Å²) < 4.78 is 13.2. The summed E-state index contributed by atoms with van der Waals surface area (Å²) in [6, 6.07) is 19.5. The first-order valence-corrected chi connectivity index (χ1v) is 15.4. The van der Waals surface area contributed by atoms with Crippen LogP contribution in [0.5, 0.6) is 5.75 Å². The zero-order valence-electron chi connectivity index (χ0n) is 25.2. The predicted octanol–water partition coefficient (Wildman–Crippen LogP) is 3.94. The van der Waals surface area contributed by atoms with Gasteiger partial charge in [-0.05, 0) is 41.7 Å². The van der Waals surface area contributed by atoms with Crippen LogP contribution in [0.15, 0.2) is 77.3 Å². The number of hydrogen-bond acceptors (Lipinski definition) is 8. The summed E-state index contributed by atoms with van der Waals surface area (Å²) in [5.41, 5.74) is 9.92. The Hall–Kier alpha value is -5.42. The molecule has 3 aliphatic rings. The topological polar surface area (TPSA) is 164 Å². The molecule has 4 bridgehead atoms. The molecule has 5 aromatic rings. The molecule has 4 atom stereocenters. The smallest absolute Gasteiger partial charge is 0.273 e. The molecular formula is C35H32N6O5. The van der Waals surface area contributed by atoms with Crippen LogP contribution in [0.2, 0.25) is 0 Å². The monoisotopic (exact) mass is 616 g/mol. The van der Waals surface area contributed by atoms with E-state index in [1.165, 1.54) is 0 Å². The van der Waals surface area contributed by atoms with Crippen LogP contribution in [0.1, 0.15) is 69.1 Å². The molecule has 5 heterocycles. The molecule has 0 saturated heterocycles. The summed E-state index contributed by atoms with van der Waals surface area (Å²) in [5.74, 6) is -0.298. The van der Waals surface area contributed by atoms with E-state index in [2.05, 4.69) is 20.9 Å². The SMILES string of the molecule is CC(C)[C@@H]1NC(=O)[C@@H](N)Cc2ccc3c(c2)C2(c4ccccc4N[C@H]2O3)c2oc1nc2C(=O)NCC(=O)c1c[nH]c2ccccc12. The van der Waals surface area contributed by atoms with Crippen LogP contribution < -0.4 is 26.4 Å². The fourth-order valence-electron chi connectivity index (χ4n) is 7.01. The number of carbonyl (C=O) groups excluding carboxylic acids is 3. The zero-order chi connectivity index (χ0) is 31.7. The van der Waals surface area contributed by atoms with Crippen molar-refractivity contribution in [2.24, 2.45) is 11.7 Å². The standard InChI is InChI=1S/C35H32N6O5/c1-17(2)28-33-41-29(32(44)38-16-26(42)20-15-37-24-9-5-3-7-19(20)24)30(46-33)35-21-8-4-6-10-25(21)39-34(35)45-27-12-11-18(13-22(27)35)14-23(36)31(43)40-28/h3-13,15,17,23,28,34,37,39H,14,16,36H2,1-2H3,(H,38,44)(H,40,43)/t23-,28-,34-,35?/m0/s1. The molecule has 0 fully saturated rings. The second-order valence-electron chi connectivity index (χ2n) is 12.5. The van der Waals surface area contributed by atoms with Gasteiger partial charge in [0.15, 0.2) is 23.5 Å². The van der Waals surface area contributed by atoms with Crippen LogP contribution in [0, 0.1) is 5.92 Å². The lowest BCUT2D eigenvalue weighted by molar-refractivity contribution is -0.123. The summed E-state index contributed by atoms with van der Waals surface area (Å²) in [7, 11) is 0. The Balaban J connectivity index is 1.28. The Bertz CT molecular complexity index is 2060. The van der Waals surface area contributed by atoms with Gasteiger partial charge in [0.05, 0.1) is 12.6 Å². The first-order valence-electron chi connectivity index (χ1n) is 15.4. The lowest BCUT2D eigenvalue weighted by atomic mass is 9.72. The van der Waals surface area contributed by atoms with E-state index < -0.39 is 29.6 Å². The molecule has 232 valence electrons. The summed E-state index contributed by atoms with van der Waals surface area (Å²) in [6.45, 7) is 3.60. The van der Waals surface area contributed by atoms with Gasteiger partial charge >= 0.3 is 0 Å². The van der Waals surface area contributed by atoms with Gasteiger partial charge in [-0.25, -0.2) is 4.98 Å². The van der Waals surface area contributed by atoms with Gasteiger partial charge in [0.25, 0.3) is 5.91 Å². The number of aromatic nitrogens is 2. The Labute approximate surface area is 263 Å². The minimum Gasteiger partial charge on any atom is -0.469 e. The van der Waals surface area contributed by atoms with E-state index >= 15 is 0 Å². The van der Waals surface area contributed by atoms with Crippen LogP contribution in [0.25, 0.3) is 10.9 Å². The van der Waals surface area contributed by atoms with Crippen molar-refractivity contribution < 1.29 is 23.5 Å². The van der Waals surface area contributed by atoms with Gasteiger partial charge in [-0.3, -0.25) is 14.4 Å². The maximum Gasteiger partial charge on any atom is 0.273 e. The van der Waals surface area contributed by atoms with E-state index in [-0.39, 0.29) is 41.5 Å². The maximum absolute atomic E-state index is 14.2. The zero-order valence-corrected chi connectivity index (χ0v) is 25.2. The molecule has 0 aliphatic carbocycles. The van der Waals surface area contributed by atoms with Crippen LogP contribution in [0.4, 0.5) is 5.69 Å². The normalized spacial score (nSPS) is 22.6. The van der Waals surface area contributed by atoms with Gasteiger partial charge in [0.1, 0.15) is 17.2 Å². The van der Waals surface area contributed by atoms with Crippen molar-refractivity contribution in [1.29, 1.82) is 0 Å². The van der Waals surface area contributed by atoms with Gasteiger partial charge in [-0.2, -0.15) is 0 Å². The Morgan fingerprint density at radius 1 is 1.07 bits per heavy atom. The largest absolute Gasteiger partial charge is 0.469 e. The highest BCUT2D eigenvalue weighted by Gasteiger charge is 2.61. The molecule has 11 heteroatoms. The Morgan fingerprint density at radius 3 is 2.72 bits per heavy atom. The average Bonchev–Trinajstić information content (AvgIpc) is 3.81. The number of nitrogens with two attached hydrogens (primary N) is 1. The quantitative estimate of drug-likeness (QED) is 0.185. The molecule has 2 aromatic heterocycles. The van der Waals surface area contributed by atoms with Crippen molar-refractivity contribution in [1.82, 2.24) is 20.6 Å². The first-order chi connectivity index (χ1) is 22.3. The summed E-state index contributed by atoms with van der Waals surface area (Å²) >= 11 is 0. The van der Waals surface area contributed by atoms with Gasteiger partial charge in [0.2, 0.25) is 11.8 Å². The Kier molecular flexibility index (Phi) is 6.30. The molecule has 6 N–H and O–H groups in total. The molecular weight excluding hydrogens is 584 g/mol. The second-order valence-corrected chi connectivity index (χ2v) is 12.5. The number of carbonyl (C=O) groups is 3. The van der Waals surface area contributed by atoms with Gasteiger partial charge in [-0.1, -0.05) is 62.4 Å². The summed E-state index contributed by atoms with van der Waals surface area (Å²) in [4.78, 5) is 48.7. The van der Waals surface area contributed by atoms with E-state index in [1.54, 1.807) is 6.20 Å². The average molecular weight is 617 g/mol. The van der Waals surface area contributed by atoms with Gasteiger partial charge in [-0.15, -0.1) is 0 Å². The van der Waals surface area contributed by atoms with E-state index in [9.17, 15) is 14.4 Å². The highest BCUT2D eigenvalue weighted by Crippen LogP contribution is 2.58. The minimum atomic E-state index is -1.10. The number of ketones is 1. The molecule has 46 heavy (non-hydrogen) atoms. The molecule has 2 amide bonds. The maximum atomic E-state index is 14.2. The van der Waals surface area contributed by atoms with E-state index in [0.29, 0.717) is 17.7 Å². The highest BCUT2D eigenvalue weighted by atomic mass is 16.5. The third-order valence-electron chi connectivity index (χ3n) is 9.28. The number of aromatic amines is 1. The number of nitrogens with zero attached hydrogens (tertiary/aromatic N) is 1. The third-order valence-corrected chi connectivity index (χ3v) is 9.28. The molecule has 1 spiro atoms. The van der Waals surface area contributed by atoms with E-state index in [4.69, 9.17) is 19.9 Å². The number of anilines is 1. The fourth-order valence-corrected chi connectivity index (χ4v) is 7.01. The number of fused-ring (bicyclic) bond motifs is 5. The number of oxazole rings is 1. The van der Waals surface area contributed by atoms with Crippen LogP contribution >= 0.6 is 0 Å². The van der Waals surface area contributed by atoms with Crippen molar-refractivity contribution in [3.63, 3.8) is 0 Å². The molecule has 11 nitrogen and oxygen atoms in total. The number of para-hydroxylation sites is 2. The van der Waals surface area contributed by atoms with Crippen molar-refractivity contribution in [2.45, 2.75) is 44.0 Å². The second kappa shape index (κ2) is 10.3. The molecule has 3 aliphatic heterocycles. The van der Waals surface area contributed by atoms with Crippen LogP contribution in [-0.2, 0) is 16.6 Å². The predicted molar refractivity (Wildman–Crippen MR) is 170 cm³/mol. The number of benzene rings is 3. The van der Waals surface area contributed by atoms with Crippen LogP contribution in [0.3, 0.4) is 0 Å². The minimum absolute atomic E-state index is 0.00975. The number of hydrogen-bond donors (Lipinski definition) is 5. The number of nitrogens with one attached hydrogen (secondary N) is 4. The molecule has 3 aromatic carbocycles. The molecule has 0 saturated carbocycles. The van der Waals surface area contributed by atoms with Crippen molar-refractivity contribution in [3.05, 3.63) is 113 Å². The highest BCUT2D eigenvalue weighted by molar-refractivity contribution is 6.10. The lowest BCUT2D eigenvalue weighted by Crippen LogP contribution is -2.45. The molecule has 1 unspecified atom stereocenters. The molecule has 8 rings (SSSR count). The molecule has 0 radical (unpaired) electrons. The lowest BCUT2D eigenvalue weighted by Gasteiger charge is -2.28. The van der Waals surface area contributed by atoms with Gasteiger partial charge < -0.3 is 35.8 Å². The van der Waals surface area contributed by atoms with E-state index in [1.807, 2.05) is 80.6 Å². The van der Waals surface area contributed by atoms with Crippen LogP contribution in [-0.4, -0.2) is 46.4 Å². The summed E-state index contributed by atoms with van der Waals surface area (Å²) in [5, 5.41) is 10.1. The van der Waals surface area contributed by atoms with Gasteiger partial charge in [0, 0.05) is 33.9 Å². The van der Waals surface area contributed by atoms with Crippen molar-refractivity contribution in [2.75, 3.05) is 11.9 Å². The number of Topliss-reactive ketones (excluding diaryl/α,β-unsaturated/α-hetero) is 1. The third kappa shape index (κ3) is 4.08. The number of rotatable bonds is 5.